The standard InChI is InChI=1S/C15H24N4O2S/c16-14-7-15(14)5-3-12(4-6-15)18-22(20,21)13-8-17-19(10-13)9-11-1-2-11/h8,10-12,14,18H,1-7,9,16H2. The van der Waals surface area contributed by atoms with Gasteiger partial charge < -0.3 is 5.73 Å². The highest BCUT2D eigenvalue weighted by Crippen LogP contribution is 2.55. The van der Waals surface area contributed by atoms with Crippen molar-refractivity contribution in [3.05, 3.63) is 12.4 Å². The van der Waals surface area contributed by atoms with Crippen molar-refractivity contribution in [3.63, 3.8) is 0 Å². The van der Waals surface area contributed by atoms with Gasteiger partial charge in [0.1, 0.15) is 4.90 Å². The Kier molecular flexibility index (Phi) is 3.36. The average molecular weight is 324 g/mol. The molecule has 0 aromatic carbocycles. The van der Waals surface area contributed by atoms with Crippen LogP contribution in [0.15, 0.2) is 17.3 Å². The van der Waals surface area contributed by atoms with Crippen molar-refractivity contribution in [1.29, 1.82) is 0 Å². The Morgan fingerprint density at radius 2 is 2.00 bits per heavy atom. The molecule has 0 bridgehead atoms. The van der Waals surface area contributed by atoms with Crippen molar-refractivity contribution in [2.24, 2.45) is 17.1 Å². The fourth-order valence-electron chi connectivity index (χ4n) is 3.70. The van der Waals surface area contributed by atoms with Gasteiger partial charge in [-0.2, -0.15) is 5.10 Å². The first kappa shape index (κ1) is 14.7. The molecular formula is C15H24N4O2S. The van der Waals surface area contributed by atoms with Crippen LogP contribution in [0.3, 0.4) is 0 Å². The highest BCUT2D eigenvalue weighted by molar-refractivity contribution is 7.89. The predicted octanol–water partition coefficient (Wildman–Crippen LogP) is 1.23. The van der Waals surface area contributed by atoms with E-state index in [4.69, 9.17) is 5.73 Å². The van der Waals surface area contributed by atoms with Crippen LogP contribution in [0.2, 0.25) is 0 Å². The molecule has 3 saturated carbocycles. The van der Waals surface area contributed by atoms with Crippen LogP contribution in [0, 0.1) is 11.3 Å². The second-order valence-corrected chi connectivity index (χ2v) is 9.12. The Morgan fingerprint density at radius 1 is 1.32 bits per heavy atom. The van der Waals surface area contributed by atoms with E-state index >= 15 is 0 Å². The maximum atomic E-state index is 12.5. The molecule has 22 heavy (non-hydrogen) atoms. The predicted molar refractivity (Wildman–Crippen MR) is 82.6 cm³/mol. The van der Waals surface area contributed by atoms with E-state index in [1.165, 1.54) is 19.0 Å². The van der Waals surface area contributed by atoms with Crippen molar-refractivity contribution in [2.45, 2.75) is 68.5 Å². The van der Waals surface area contributed by atoms with Gasteiger partial charge in [0.15, 0.2) is 0 Å². The molecule has 4 rings (SSSR count). The van der Waals surface area contributed by atoms with E-state index in [-0.39, 0.29) is 10.9 Å². The first-order chi connectivity index (χ1) is 10.5. The van der Waals surface area contributed by atoms with Gasteiger partial charge in [-0.25, -0.2) is 13.1 Å². The molecule has 1 heterocycles. The van der Waals surface area contributed by atoms with Crippen LogP contribution in [0.1, 0.15) is 44.9 Å². The molecular weight excluding hydrogens is 300 g/mol. The lowest BCUT2D eigenvalue weighted by molar-refractivity contribution is 0.286. The van der Waals surface area contributed by atoms with Crippen LogP contribution in [-0.4, -0.2) is 30.3 Å². The molecule has 3 fully saturated rings. The lowest BCUT2D eigenvalue weighted by Gasteiger charge is -2.29. The fourth-order valence-corrected chi connectivity index (χ4v) is 4.96. The SMILES string of the molecule is NC1CC12CCC(NS(=O)(=O)c1cnn(CC3CC3)c1)CC2. The van der Waals surface area contributed by atoms with Gasteiger partial charge in [0.25, 0.3) is 0 Å². The number of hydrogen-bond donors (Lipinski definition) is 2. The van der Waals surface area contributed by atoms with Crippen LogP contribution in [0.4, 0.5) is 0 Å². The molecule has 0 amide bonds. The number of nitrogens with two attached hydrogens (primary N) is 1. The molecule has 0 saturated heterocycles. The minimum absolute atomic E-state index is 0.0372. The van der Waals surface area contributed by atoms with Crippen molar-refractivity contribution in [1.82, 2.24) is 14.5 Å². The van der Waals surface area contributed by atoms with Gasteiger partial charge in [-0.15, -0.1) is 0 Å². The summed E-state index contributed by atoms with van der Waals surface area (Å²) in [5, 5.41) is 4.18. The summed E-state index contributed by atoms with van der Waals surface area (Å²) in [6.07, 6.45) is 10.6. The molecule has 7 heteroatoms. The number of rotatable bonds is 5. The molecule has 1 aromatic heterocycles. The number of hydrogen-bond acceptors (Lipinski definition) is 4. The summed E-state index contributed by atoms with van der Waals surface area (Å²) < 4.78 is 29.5. The normalized spacial score (nSPS) is 35.0. The zero-order valence-corrected chi connectivity index (χ0v) is 13.6. The van der Waals surface area contributed by atoms with Crippen LogP contribution in [0.25, 0.3) is 0 Å². The van der Waals surface area contributed by atoms with Gasteiger partial charge in [-0.3, -0.25) is 4.68 Å². The van der Waals surface area contributed by atoms with Crippen molar-refractivity contribution in [3.8, 4) is 0 Å². The summed E-state index contributed by atoms with van der Waals surface area (Å²) in [5.41, 5.74) is 6.32. The summed E-state index contributed by atoms with van der Waals surface area (Å²) >= 11 is 0. The van der Waals surface area contributed by atoms with Crippen LogP contribution in [0.5, 0.6) is 0 Å². The molecule has 1 spiro atoms. The lowest BCUT2D eigenvalue weighted by Crippen LogP contribution is -2.38. The summed E-state index contributed by atoms with van der Waals surface area (Å²) in [7, 11) is -3.45. The zero-order valence-electron chi connectivity index (χ0n) is 12.7. The number of sulfonamides is 1. The molecule has 0 aliphatic heterocycles. The number of nitrogens with one attached hydrogen (secondary N) is 1. The smallest absolute Gasteiger partial charge is 0.243 e. The molecule has 1 atom stereocenters. The van der Waals surface area contributed by atoms with Crippen LogP contribution < -0.4 is 10.5 Å². The van der Waals surface area contributed by atoms with E-state index in [2.05, 4.69) is 9.82 Å². The number of aromatic nitrogens is 2. The van der Waals surface area contributed by atoms with Crippen molar-refractivity contribution in [2.75, 3.05) is 0 Å². The summed E-state index contributed by atoms with van der Waals surface area (Å²) in [6.45, 7) is 0.833. The van der Waals surface area contributed by atoms with E-state index in [9.17, 15) is 8.42 Å². The summed E-state index contributed by atoms with van der Waals surface area (Å²) in [6, 6.07) is 0.376. The summed E-state index contributed by atoms with van der Waals surface area (Å²) in [5.74, 6) is 0.681. The maximum Gasteiger partial charge on any atom is 0.243 e. The van der Waals surface area contributed by atoms with Crippen LogP contribution >= 0.6 is 0 Å². The average Bonchev–Trinajstić information content (AvgIpc) is 3.32. The Balaban J connectivity index is 1.37. The molecule has 1 aromatic rings. The molecule has 1 unspecified atom stereocenters. The van der Waals surface area contributed by atoms with Gasteiger partial charge in [0.2, 0.25) is 10.0 Å². The molecule has 6 nitrogen and oxygen atoms in total. The summed E-state index contributed by atoms with van der Waals surface area (Å²) in [4.78, 5) is 0.288. The molecule has 3 aliphatic rings. The maximum absolute atomic E-state index is 12.5. The molecule has 0 radical (unpaired) electrons. The molecule has 3 aliphatic carbocycles. The highest BCUT2D eigenvalue weighted by Gasteiger charge is 2.53. The quantitative estimate of drug-likeness (QED) is 0.852. The minimum atomic E-state index is -3.45. The lowest BCUT2D eigenvalue weighted by atomic mass is 9.83. The van der Waals surface area contributed by atoms with Gasteiger partial charge in [0, 0.05) is 24.8 Å². The second-order valence-electron chi connectivity index (χ2n) is 7.41. The Labute approximate surface area is 131 Å². The van der Waals surface area contributed by atoms with Gasteiger partial charge in [-0.05, 0) is 56.3 Å². The van der Waals surface area contributed by atoms with E-state index in [1.807, 2.05) is 0 Å². The van der Waals surface area contributed by atoms with Crippen molar-refractivity contribution >= 4 is 10.0 Å². The first-order valence-electron chi connectivity index (χ1n) is 8.27. The van der Waals surface area contributed by atoms with Gasteiger partial charge >= 0.3 is 0 Å². The Morgan fingerprint density at radius 3 is 2.59 bits per heavy atom. The molecule has 122 valence electrons. The number of nitrogens with zero attached hydrogens (tertiary/aromatic N) is 2. The Bertz CT molecular complexity index is 657. The van der Waals surface area contributed by atoms with Gasteiger partial charge in [0.05, 0.1) is 6.20 Å². The minimum Gasteiger partial charge on any atom is -0.327 e. The van der Waals surface area contributed by atoms with Gasteiger partial charge in [-0.1, -0.05) is 0 Å². The zero-order chi connectivity index (χ0) is 15.4. The third-order valence-corrected chi connectivity index (χ3v) is 7.09. The second kappa shape index (κ2) is 5.04. The monoisotopic (exact) mass is 324 g/mol. The first-order valence-corrected chi connectivity index (χ1v) is 9.76. The van der Waals surface area contributed by atoms with Crippen LogP contribution in [-0.2, 0) is 16.6 Å². The van der Waals surface area contributed by atoms with E-state index in [1.54, 1.807) is 10.9 Å². The largest absolute Gasteiger partial charge is 0.327 e. The van der Waals surface area contributed by atoms with E-state index in [0.29, 0.717) is 17.4 Å². The third kappa shape index (κ3) is 2.81. The topological polar surface area (TPSA) is 90.0 Å². The van der Waals surface area contributed by atoms with E-state index < -0.39 is 10.0 Å². The fraction of sp³-hybridized carbons (Fsp3) is 0.800. The molecule has 3 N–H and O–H groups in total. The third-order valence-electron chi connectivity index (χ3n) is 5.62. The highest BCUT2D eigenvalue weighted by atomic mass is 32.2. The Hall–Kier alpha value is -0.920. The van der Waals surface area contributed by atoms with E-state index in [0.717, 1.165) is 38.6 Å². The van der Waals surface area contributed by atoms with Crippen molar-refractivity contribution < 1.29 is 8.42 Å².